The summed E-state index contributed by atoms with van der Waals surface area (Å²) in [7, 11) is -2.23. The lowest BCUT2D eigenvalue weighted by molar-refractivity contribution is 0.0509. The number of sulfonamides is 1. The zero-order chi connectivity index (χ0) is 35.7. The van der Waals surface area contributed by atoms with Gasteiger partial charge in [-0.2, -0.15) is 4.98 Å². The fraction of sp³-hybridized carbons (Fsp3) is 0.432. The topological polar surface area (TPSA) is 131 Å². The number of benzene rings is 2. The van der Waals surface area contributed by atoms with Crippen LogP contribution in [0.15, 0.2) is 65.7 Å². The zero-order valence-electron chi connectivity index (χ0n) is 29.9. The van der Waals surface area contributed by atoms with Gasteiger partial charge in [-0.05, 0) is 66.5 Å². The largest absolute Gasteiger partial charge is 0.475 e. The molecule has 0 fully saturated rings. The molecule has 4 bridgehead atoms. The molecule has 0 unspecified atom stereocenters. The molecule has 1 N–H and O–H groups in total. The minimum Gasteiger partial charge on any atom is -0.475 e. The average Bonchev–Trinajstić information content (AvgIpc) is 3.00. The first-order chi connectivity index (χ1) is 22.9. The van der Waals surface area contributed by atoms with Crippen molar-refractivity contribution in [2.45, 2.75) is 79.3 Å². The molecule has 5 rings (SSSR count). The minimum absolute atomic E-state index is 0.0216. The van der Waals surface area contributed by atoms with Crippen LogP contribution < -0.4 is 14.4 Å². The number of fused-ring (bicyclic) bond motifs is 4. The van der Waals surface area contributed by atoms with Crippen molar-refractivity contribution in [1.82, 2.24) is 24.8 Å². The summed E-state index contributed by atoms with van der Waals surface area (Å²) in [4.78, 5) is 36.6. The Morgan fingerprint density at radius 2 is 1.63 bits per heavy atom. The lowest BCUT2D eigenvalue weighted by Gasteiger charge is -2.35. The Morgan fingerprint density at radius 1 is 0.939 bits per heavy atom. The highest BCUT2D eigenvalue weighted by molar-refractivity contribution is 7.92. The van der Waals surface area contributed by atoms with Gasteiger partial charge in [0.25, 0.3) is 15.9 Å². The van der Waals surface area contributed by atoms with Crippen LogP contribution in [0.5, 0.6) is 5.88 Å². The van der Waals surface area contributed by atoms with Crippen LogP contribution >= 0.6 is 0 Å². The van der Waals surface area contributed by atoms with E-state index in [-0.39, 0.29) is 52.2 Å². The third-order valence-corrected chi connectivity index (χ3v) is 9.44. The van der Waals surface area contributed by atoms with Gasteiger partial charge in [0.1, 0.15) is 6.61 Å². The molecule has 1 amide bonds. The molecule has 12 heteroatoms. The summed E-state index contributed by atoms with van der Waals surface area (Å²) in [6.07, 6.45) is 2.28. The molecule has 0 aliphatic carbocycles. The first kappa shape index (κ1) is 35.7. The van der Waals surface area contributed by atoms with Crippen LogP contribution in [0.4, 0.5) is 11.9 Å². The van der Waals surface area contributed by atoms with E-state index in [1.807, 2.05) is 44.0 Å². The lowest BCUT2D eigenvalue weighted by atomic mass is 9.87. The first-order valence-electron chi connectivity index (χ1n) is 16.4. The monoisotopic (exact) mass is 685 g/mol. The van der Waals surface area contributed by atoms with Crippen molar-refractivity contribution < 1.29 is 17.9 Å². The molecule has 0 saturated heterocycles. The summed E-state index contributed by atoms with van der Waals surface area (Å²) in [5.41, 5.74) is 4.03. The van der Waals surface area contributed by atoms with E-state index in [1.165, 1.54) is 12.1 Å². The Hall–Kier alpha value is -4.58. The summed E-state index contributed by atoms with van der Waals surface area (Å²) in [6.45, 7) is 17.7. The van der Waals surface area contributed by atoms with Crippen molar-refractivity contribution in [3.8, 4) is 17.1 Å². The van der Waals surface area contributed by atoms with Gasteiger partial charge < -0.3 is 14.5 Å². The molecule has 3 heterocycles. The number of amides is 1. The molecular formula is C37H47N7O4S. The van der Waals surface area contributed by atoms with Gasteiger partial charge in [0, 0.05) is 37.0 Å². The summed E-state index contributed by atoms with van der Waals surface area (Å²) in [5.74, 6) is 0.284. The Kier molecular flexibility index (Phi) is 10.0. The van der Waals surface area contributed by atoms with E-state index in [2.05, 4.69) is 61.2 Å². The maximum absolute atomic E-state index is 14.5. The van der Waals surface area contributed by atoms with Gasteiger partial charge >= 0.3 is 0 Å². The minimum atomic E-state index is -4.18. The van der Waals surface area contributed by atoms with Crippen LogP contribution in [0.3, 0.4) is 0 Å². The SMILES string of the molecule is Cc1cccc(C)c1-c1cc2nc(n1)NS(=O)(=O)c1cccc(c1)C(=O)N(Cc1ccnc(N(C)CC(C)(C)C)n1)[C@H](CC(C)(C)C)CO2. The average molecular weight is 686 g/mol. The molecule has 260 valence electrons. The van der Waals surface area contributed by atoms with Crippen molar-refractivity contribution in [2.24, 2.45) is 10.8 Å². The van der Waals surface area contributed by atoms with Gasteiger partial charge in [-0.1, -0.05) is 65.8 Å². The molecular weight excluding hydrogens is 639 g/mol. The van der Waals surface area contributed by atoms with Gasteiger partial charge in [-0.15, -0.1) is 0 Å². The molecule has 0 saturated carbocycles. The summed E-state index contributed by atoms with van der Waals surface area (Å²) in [5, 5.41) is 0. The van der Waals surface area contributed by atoms with E-state index in [0.29, 0.717) is 23.8 Å². The highest BCUT2D eigenvalue weighted by Gasteiger charge is 2.32. The second-order valence-corrected chi connectivity index (χ2v) is 16.9. The van der Waals surface area contributed by atoms with Crippen molar-refractivity contribution in [2.75, 3.05) is 29.8 Å². The number of hydrogen-bond acceptors (Lipinski definition) is 9. The molecule has 4 aromatic rings. The van der Waals surface area contributed by atoms with Gasteiger partial charge in [0.05, 0.1) is 28.9 Å². The van der Waals surface area contributed by atoms with Crippen molar-refractivity contribution in [3.63, 3.8) is 0 Å². The zero-order valence-corrected chi connectivity index (χ0v) is 30.7. The smallest absolute Gasteiger partial charge is 0.264 e. The third-order valence-electron chi connectivity index (χ3n) is 8.12. The standard InChI is InChI=1S/C37H47N7O4S/c1-24-12-10-13-25(2)32(24)30-19-31-41-34(40-30)42-49(46,47)29-15-11-14-26(18-29)33(45)44(28(22-48-31)20-36(3,4)5)21-27-16-17-38-35(39-27)43(9)23-37(6,7)8/h10-19,28H,20-23H2,1-9H3,(H,40,41,42)/t28-/m1/s1. The molecule has 0 radical (unpaired) electrons. The number of anilines is 2. The van der Waals surface area contributed by atoms with Crippen LogP contribution in [-0.2, 0) is 16.6 Å². The van der Waals surface area contributed by atoms with E-state index in [0.717, 1.165) is 23.2 Å². The molecule has 1 atom stereocenters. The second-order valence-electron chi connectivity index (χ2n) is 15.2. The molecule has 1 aliphatic rings. The summed E-state index contributed by atoms with van der Waals surface area (Å²) in [6, 6.07) is 15.0. The van der Waals surface area contributed by atoms with Crippen LogP contribution in [0.1, 0.15) is 75.1 Å². The van der Waals surface area contributed by atoms with Crippen molar-refractivity contribution in [1.29, 1.82) is 0 Å². The normalized spacial score (nSPS) is 16.5. The Balaban J connectivity index is 1.64. The van der Waals surface area contributed by atoms with Gasteiger partial charge in [0.2, 0.25) is 17.8 Å². The van der Waals surface area contributed by atoms with Gasteiger partial charge in [0.15, 0.2) is 0 Å². The number of rotatable bonds is 6. The molecule has 2 aromatic carbocycles. The van der Waals surface area contributed by atoms with E-state index in [1.54, 1.807) is 35.4 Å². The number of aryl methyl sites for hydroxylation is 2. The van der Waals surface area contributed by atoms with E-state index >= 15 is 0 Å². The highest BCUT2D eigenvalue weighted by atomic mass is 32.2. The maximum Gasteiger partial charge on any atom is 0.264 e. The fourth-order valence-corrected chi connectivity index (χ4v) is 7.15. The van der Waals surface area contributed by atoms with Gasteiger partial charge in [-0.3, -0.25) is 4.79 Å². The fourth-order valence-electron chi connectivity index (χ4n) is 6.16. The highest BCUT2D eigenvalue weighted by Crippen LogP contribution is 2.32. The predicted molar refractivity (Wildman–Crippen MR) is 192 cm³/mol. The van der Waals surface area contributed by atoms with Crippen molar-refractivity contribution in [3.05, 3.63) is 83.2 Å². The maximum atomic E-state index is 14.5. The van der Waals surface area contributed by atoms with Gasteiger partial charge in [-0.25, -0.2) is 28.1 Å². The summed E-state index contributed by atoms with van der Waals surface area (Å²) >= 11 is 0. The summed E-state index contributed by atoms with van der Waals surface area (Å²) < 4.78 is 36.3. The number of carbonyl (C=O) groups is 1. The first-order valence-corrected chi connectivity index (χ1v) is 17.9. The third kappa shape index (κ3) is 8.91. The lowest BCUT2D eigenvalue weighted by Crippen LogP contribution is -2.45. The van der Waals surface area contributed by atoms with Crippen LogP contribution in [0, 0.1) is 24.7 Å². The molecule has 49 heavy (non-hydrogen) atoms. The quantitative estimate of drug-likeness (QED) is 0.236. The molecule has 11 nitrogen and oxygen atoms in total. The molecule has 2 aromatic heterocycles. The van der Waals surface area contributed by atoms with Crippen LogP contribution in [0.2, 0.25) is 0 Å². The second kappa shape index (κ2) is 13.7. The van der Waals surface area contributed by atoms with Crippen LogP contribution in [-0.4, -0.2) is 65.4 Å². The Labute approximate surface area is 290 Å². The molecule has 1 aliphatic heterocycles. The number of nitrogens with zero attached hydrogens (tertiary/aromatic N) is 6. The van der Waals surface area contributed by atoms with E-state index < -0.39 is 16.1 Å². The number of ether oxygens (including phenoxy) is 1. The van der Waals surface area contributed by atoms with Crippen molar-refractivity contribution >= 4 is 27.8 Å². The predicted octanol–water partition coefficient (Wildman–Crippen LogP) is 6.67. The van der Waals surface area contributed by atoms with E-state index in [4.69, 9.17) is 9.72 Å². The Morgan fingerprint density at radius 3 is 2.31 bits per heavy atom. The Bertz CT molecular complexity index is 1930. The van der Waals surface area contributed by atoms with Crippen LogP contribution in [0.25, 0.3) is 11.3 Å². The number of aromatic nitrogens is 4. The number of carbonyl (C=O) groups excluding carboxylic acids is 1. The number of hydrogen-bond donors (Lipinski definition) is 1. The number of nitrogens with one attached hydrogen (secondary N) is 1. The molecule has 0 spiro atoms. The van der Waals surface area contributed by atoms with E-state index in [9.17, 15) is 13.2 Å².